The molecule has 1 saturated heterocycles. The van der Waals surface area contributed by atoms with Crippen molar-refractivity contribution in [3.05, 3.63) is 0 Å². The molecule has 0 bridgehead atoms. The van der Waals surface area contributed by atoms with Crippen LogP contribution in [0.15, 0.2) is 0 Å². The second-order valence-electron chi connectivity index (χ2n) is 4.69. The fourth-order valence-corrected chi connectivity index (χ4v) is 1.78. The molecule has 2 nitrogen and oxygen atoms in total. The summed E-state index contributed by atoms with van der Waals surface area (Å²) >= 11 is 0. The van der Waals surface area contributed by atoms with Crippen LogP contribution >= 0.6 is 0 Å². The lowest BCUT2D eigenvalue weighted by atomic mass is 9.71. The molecule has 0 spiro atoms. The first-order valence-electron chi connectivity index (χ1n) is 5.29. The highest BCUT2D eigenvalue weighted by Crippen LogP contribution is 2.27. The lowest BCUT2D eigenvalue weighted by Crippen LogP contribution is -2.44. The van der Waals surface area contributed by atoms with E-state index in [1.165, 1.54) is 0 Å². The Morgan fingerprint density at radius 3 is 2.23 bits per heavy atom. The molecule has 0 saturated carbocycles. The topological polar surface area (TPSA) is 18.5 Å². The Morgan fingerprint density at radius 2 is 1.85 bits per heavy atom. The van der Waals surface area contributed by atoms with Crippen LogP contribution in [0, 0.1) is 11.8 Å². The molecule has 1 fully saturated rings. The monoisotopic (exact) mass is 184 g/mol. The first-order valence-corrected chi connectivity index (χ1v) is 5.29. The Kier molecular flexibility index (Phi) is 3.80. The largest absolute Gasteiger partial charge is 0.459 e. The Balaban J connectivity index is 2.46. The van der Waals surface area contributed by atoms with Crippen LogP contribution < -0.4 is 0 Å². The minimum Gasteiger partial charge on any atom is -0.411 e. The van der Waals surface area contributed by atoms with Gasteiger partial charge in [-0.1, -0.05) is 27.7 Å². The van der Waals surface area contributed by atoms with E-state index in [0.717, 1.165) is 6.61 Å². The van der Waals surface area contributed by atoms with E-state index in [1.807, 2.05) is 0 Å². The van der Waals surface area contributed by atoms with Gasteiger partial charge in [0.05, 0.1) is 0 Å². The second kappa shape index (κ2) is 4.47. The van der Waals surface area contributed by atoms with Gasteiger partial charge < -0.3 is 9.31 Å². The SMILES string of the molecule is CC(C)B1OC[C@@H](C(C)C)[C@H](C)O1. The maximum absolute atomic E-state index is 5.80. The molecule has 0 aromatic heterocycles. The van der Waals surface area contributed by atoms with E-state index in [4.69, 9.17) is 9.31 Å². The summed E-state index contributed by atoms with van der Waals surface area (Å²) in [5, 5.41) is 0. The number of hydrogen-bond acceptors (Lipinski definition) is 2. The van der Waals surface area contributed by atoms with Crippen LogP contribution in [0.3, 0.4) is 0 Å². The van der Waals surface area contributed by atoms with E-state index >= 15 is 0 Å². The summed E-state index contributed by atoms with van der Waals surface area (Å²) in [7, 11) is 0.00463. The van der Waals surface area contributed by atoms with Crippen LogP contribution in [-0.2, 0) is 9.31 Å². The summed E-state index contributed by atoms with van der Waals surface area (Å²) in [5.41, 5.74) is 0. The predicted molar refractivity (Wildman–Crippen MR) is 55.7 cm³/mol. The van der Waals surface area contributed by atoms with Crippen LogP contribution in [0.25, 0.3) is 0 Å². The van der Waals surface area contributed by atoms with Gasteiger partial charge in [-0.2, -0.15) is 0 Å². The van der Waals surface area contributed by atoms with E-state index in [1.54, 1.807) is 0 Å². The molecule has 0 aromatic rings. The molecule has 2 atom stereocenters. The van der Waals surface area contributed by atoms with Gasteiger partial charge in [-0.05, 0) is 18.7 Å². The van der Waals surface area contributed by atoms with E-state index < -0.39 is 0 Å². The first kappa shape index (κ1) is 11.1. The molecular formula is C10H21BO2. The molecule has 13 heavy (non-hydrogen) atoms. The first-order chi connectivity index (χ1) is 6.02. The fraction of sp³-hybridized carbons (Fsp3) is 1.00. The standard InChI is InChI=1S/C10H21BO2/c1-7(2)10-6-12-11(8(3)4)13-9(10)5/h7-10H,6H2,1-5H3/t9-,10-/m0/s1. The van der Waals surface area contributed by atoms with Gasteiger partial charge in [-0.25, -0.2) is 0 Å². The molecule has 0 amide bonds. The Bertz CT molecular complexity index is 159. The van der Waals surface area contributed by atoms with Gasteiger partial charge in [0.1, 0.15) is 0 Å². The molecule has 1 heterocycles. The molecule has 0 unspecified atom stereocenters. The minimum atomic E-state index is 0.00463. The Morgan fingerprint density at radius 1 is 1.23 bits per heavy atom. The van der Waals surface area contributed by atoms with Gasteiger partial charge in [-0.3, -0.25) is 0 Å². The normalized spacial score (nSPS) is 30.2. The summed E-state index contributed by atoms with van der Waals surface area (Å²) in [6.45, 7) is 11.7. The van der Waals surface area contributed by atoms with Crippen LogP contribution in [0.1, 0.15) is 34.6 Å². The molecule has 0 radical (unpaired) electrons. The van der Waals surface area contributed by atoms with Crippen molar-refractivity contribution in [2.75, 3.05) is 6.61 Å². The molecular weight excluding hydrogens is 163 g/mol. The maximum atomic E-state index is 5.80. The molecule has 0 N–H and O–H groups in total. The molecule has 0 aromatic carbocycles. The lowest BCUT2D eigenvalue weighted by Gasteiger charge is -2.36. The smallest absolute Gasteiger partial charge is 0.411 e. The molecule has 1 rings (SSSR count). The highest BCUT2D eigenvalue weighted by molar-refractivity contribution is 6.46. The van der Waals surface area contributed by atoms with Gasteiger partial charge in [0.2, 0.25) is 0 Å². The number of hydrogen-bond donors (Lipinski definition) is 0. The average Bonchev–Trinajstić information content (AvgIpc) is 2.03. The third-order valence-electron chi connectivity index (χ3n) is 2.81. The highest BCUT2D eigenvalue weighted by atomic mass is 16.6. The molecule has 1 aliphatic heterocycles. The van der Waals surface area contributed by atoms with Crippen molar-refractivity contribution in [2.45, 2.75) is 46.5 Å². The van der Waals surface area contributed by atoms with Gasteiger partial charge in [0, 0.05) is 18.6 Å². The van der Waals surface area contributed by atoms with Crippen molar-refractivity contribution in [3.8, 4) is 0 Å². The fourth-order valence-electron chi connectivity index (χ4n) is 1.78. The van der Waals surface area contributed by atoms with Crippen molar-refractivity contribution >= 4 is 7.12 Å². The highest BCUT2D eigenvalue weighted by Gasteiger charge is 2.35. The van der Waals surface area contributed by atoms with Crippen molar-refractivity contribution in [2.24, 2.45) is 11.8 Å². The average molecular weight is 184 g/mol. The lowest BCUT2D eigenvalue weighted by molar-refractivity contribution is -0.000380. The molecule has 1 aliphatic rings. The summed E-state index contributed by atoms with van der Waals surface area (Å²) in [6.07, 6.45) is 0.334. The van der Waals surface area contributed by atoms with Crippen molar-refractivity contribution in [1.29, 1.82) is 0 Å². The zero-order valence-corrected chi connectivity index (χ0v) is 9.41. The van der Waals surface area contributed by atoms with E-state index in [-0.39, 0.29) is 7.12 Å². The van der Waals surface area contributed by atoms with Gasteiger partial charge in [-0.15, -0.1) is 0 Å². The quantitative estimate of drug-likeness (QED) is 0.614. The van der Waals surface area contributed by atoms with Crippen molar-refractivity contribution in [1.82, 2.24) is 0 Å². The van der Waals surface area contributed by atoms with Crippen LogP contribution in [0.4, 0.5) is 0 Å². The summed E-state index contributed by atoms with van der Waals surface area (Å²) in [5.74, 6) is 1.65. The van der Waals surface area contributed by atoms with E-state index in [9.17, 15) is 0 Å². The molecule has 76 valence electrons. The van der Waals surface area contributed by atoms with E-state index in [0.29, 0.717) is 23.8 Å². The third-order valence-corrected chi connectivity index (χ3v) is 2.81. The zero-order chi connectivity index (χ0) is 10.0. The Hall–Kier alpha value is -0.0151. The van der Waals surface area contributed by atoms with Gasteiger partial charge in [0.25, 0.3) is 0 Å². The van der Waals surface area contributed by atoms with E-state index in [2.05, 4.69) is 34.6 Å². The van der Waals surface area contributed by atoms with Crippen molar-refractivity contribution in [3.63, 3.8) is 0 Å². The third kappa shape index (κ3) is 2.71. The molecule has 0 aliphatic carbocycles. The second-order valence-corrected chi connectivity index (χ2v) is 4.69. The summed E-state index contributed by atoms with van der Waals surface area (Å²) < 4.78 is 11.5. The minimum absolute atomic E-state index is 0.00463. The summed E-state index contributed by atoms with van der Waals surface area (Å²) in [6, 6.07) is 0. The van der Waals surface area contributed by atoms with Crippen LogP contribution in [-0.4, -0.2) is 19.8 Å². The zero-order valence-electron chi connectivity index (χ0n) is 9.41. The van der Waals surface area contributed by atoms with Crippen molar-refractivity contribution < 1.29 is 9.31 Å². The van der Waals surface area contributed by atoms with Crippen LogP contribution in [0.2, 0.25) is 5.82 Å². The number of rotatable bonds is 2. The maximum Gasteiger partial charge on any atom is 0.459 e. The summed E-state index contributed by atoms with van der Waals surface area (Å²) in [4.78, 5) is 0. The molecule has 3 heteroatoms. The van der Waals surface area contributed by atoms with Gasteiger partial charge >= 0.3 is 7.12 Å². The van der Waals surface area contributed by atoms with Crippen LogP contribution in [0.5, 0.6) is 0 Å². The Labute approximate surface area is 82.1 Å². The predicted octanol–water partition coefficient (Wildman–Crippen LogP) is 2.59. The van der Waals surface area contributed by atoms with Gasteiger partial charge in [0.15, 0.2) is 0 Å².